The molecule has 0 saturated heterocycles. The molecule has 1 aromatic carbocycles. The molecule has 1 N–H and O–H groups in total. The van der Waals surface area contributed by atoms with Crippen LogP contribution in [0.3, 0.4) is 0 Å². The minimum Gasteiger partial charge on any atom is -0.507 e. The van der Waals surface area contributed by atoms with Gasteiger partial charge in [0.2, 0.25) is 0 Å². The summed E-state index contributed by atoms with van der Waals surface area (Å²) in [6, 6.07) is 0. The monoisotopic (exact) mass is 368 g/mol. The topological polar surface area (TPSA) is 82.1 Å². The fraction of sp³-hybridized carbons (Fsp3) is 0.500. The molecule has 0 bridgehead atoms. The minimum absolute atomic E-state index is 0.00864. The fourth-order valence-corrected chi connectivity index (χ4v) is 4.34. The Hall–Kier alpha value is -1.62. The lowest BCUT2D eigenvalue weighted by Gasteiger charge is -2.17. The van der Waals surface area contributed by atoms with Crippen molar-refractivity contribution >= 4 is 13.6 Å². The molecule has 25 heavy (non-hydrogen) atoms. The molecule has 1 heterocycles. The molecule has 0 radical (unpaired) electrons. The molecule has 0 unspecified atom stereocenters. The van der Waals surface area contributed by atoms with Crippen molar-refractivity contribution < 1.29 is 28.3 Å². The fourth-order valence-electron chi connectivity index (χ4n) is 3.19. The maximum atomic E-state index is 12.2. The molecule has 1 aliphatic heterocycles. The van der Waals surface area contributed by atoms with Crippen LogP contribution in [0.4, 0.5) is 0 Å². The summed E-state index contributed by atoms with van der Waals surface area (Å²) in [7, 11) is -0.416. The van der Waals surface area contributed by atoms with Gasteiger partial charge in [0.05, 0.1) is 6.16 Å². The number of benzene rings is 1. The van der Waals surface area contributed by atoms with E-state index in [9.17, 15) is 14.5 Å². The number of fused-ring (bicyclic) bond motifs is 1. The summed E-state index contributed by atoms with van der Waals surface area (Å²) >= 11 is 0. The molecule has 0 amide bonds. The van der Waals surface area contributed by atoms with Crippen LogP contribution in [0.15, 0.2) is 11.6 Å². The number of aromatic hydroxyl groups is 1. The van der Waals surface area contributed by atoms with Crippen LogP contribution in [0.2, 0.25) is 0 Å². The summed E-state index contributed by atoms with van der Waals surface area (Å²) < 4.78 is 27.2. The van der Waals surface area contributed by atoms with E-state index in [1.54, 1.807) is 0 Å². The van der Waals surface area contributed by atoms with Crippen molar-refractivity contribution in [2.24, 2.45) is 0 Å². The highest BCUT2D eigenvalue weighted by Gasteiger charge is 2.31. The van der Waals surface area contributed by atoms with E-state index >= 15 is 0 Å². The molecule has 0 aromatic heterocycles. The van der Waals surface area contributed by atoms with Crippen molar-refractivity contribution in [2.75, 3.05) is 20.4 Å². The third-order valence-corrected chi connectivity index (χ3v) is 6.65. The third-order valence-electron chi connectivity index (χ3n) is 4.65. The van der Waals surface area contributed by atoms with Crippen LogP contribution >= 0.6 is 7.60 Å². The molecule has 1 aliphatic rings. The van der Waals surface area contributed by atoms with Crippen LogP contribution in [0, 0.1) is 6.92 Å². The molecule has 138 valence electrons. The zero-order valence-electron chi connectivity index (χ0n) is 15.3. The summed E-state index contributed by atoms with van der Waals surface area (Å²) in [6.45, 7) is 6.00. The van der Waals surface area contributed by atoms with Gasteiger partial charge in [-0.2, -0.15) is 0 Å². The molecule has 0 aliphatic carbocycles. The van der Waals surface area contributed by atoms with Gasteiger partial charge in [0, 0.05) is 25.3 Å². The lowest BCUT2D eigenvalue weighted by molar-refractivity contribution is 0.0533. The predicted molar refractivity (Wildman–Crippen MR) is 95.3 cm³/mol. The third kappa shape index (κ3) is 3.81. The number of rotatable bonds is 7. The highest BCUT2D eigenvalue weighted by molar-refractivity contribution is 7.54. The van der Waals surface area contributed by atoms with Gasteiger partial charge in [-0.25, -0.2) is 4.79 Å². The molecule has 1 aromatic rings. The number of carbonyl (C=O) groups excluding carboxylic acids is 1. The number of esters is 1. The van der Waals surface area contributed by atoms with E-state index in [1.165, 1.54) is 14.2 Å². The highest BCUT2D eigenvalue weighted by Crippen LogP contribution is 2.48. The number of cyclic esters (lactones) is 1. The maximum Gasteiger partial charge on any atom is 0.342 e. The van der Waals surface area contributed by atoms with E-state index in [2.05, 4.69) is 0 Å². The Morgan fingerprint density at radius 1 is 1.32 bits per heavy atom. The van der Waals surface area contributed by atoms with Gasteiger partial charge in [0.25, 0.3) is 0 Å². The molecule has 0 saturated carbocycles. The molecule has 2 rings (SSSR count). The first-order chi connectivity index (χ1) is 11.8. The molecule has 0 atom stereocenters. The number of allylic oxidation sites excluding steroid dienone is 2. The Bertz CT molecular complexity index is 758. The summed E-state index contributed by atoms with van der Waals surface area (Å²) in [6.07, 6.45) is 3.21. The van der Waals surface area contributed by atoms with Crippen LogP contribution in [0.25, 0.3) is 0 Å². The summed E-state index contributed by atoms with van der Waals surface area (Å²) in [4.78, 5) is 11.9. The average molecular weight is 368 g/mol. The lowest BCUT2D eigenvalue weighted by atomic mass is 9.89. The van der Waals surface area contributed by atoms with Crippen molar-refractivity contribution in [3.8, 4) is 5.75 Å². The average Bonchev–Trinajstić information content (AvgIpc) is 2.98. The largest absolute Gasteiger partial charge is 0.507 e. The van der Waals surface area contributed by atoms with Gasteiger partial charge >= 0.3 is 13.6 Å². The summed E-state index contributed by atoms with van der Waals surface area (Å²) in [5.74, 6) is -0.492. The first kappa shape index (κ1) is 19.7. The van der Waals surface area contributed by atoms with Crippen LogP contribution in [-0.4, -0.2) is 31.5 Å². The van der Waals surface area contributed by atoms with Crippen molar-refractivity contribution in [1.29, 1.82) is 0 Å². The zero-order valence-corrected chi connectivity index (χ0v) is 16.2. The van der Waals surface area contributed by atoms with Gasteiger partial charge < -0.3 is 18.9 Å². The van der Waals surface area contributed by atoms with Crippen molar-refractivity contribution in [3.63, 3.8) is 0 Å². The standard InChI is InChI=1S/C18H25O6P/c1-6-13-12(3)15-9-24-18(20)16(15)17(19)14(13)8-7-11(2)10-25(21,22-4)23-5/h7,19H,6,8-10H2,1-5H3. The Morgan fingerprint density at radius 3 is 2.52 bits per heavy atom. The van der Waals surface area contributed by atoms with Crippen molar-refractivity contribution in [2.45, 2.75) is 40.2 Å². The van der Waals surface area contributed by atoms with E-state index < -0.39 is 13.6 Å². The maximum absolute atomic E-state index is 12.2. The van der Waals surface area contributed by atoms with Gasteiger partial charge in [-0.15, -0.1) is 0 Å². The second-order valence-electron chi connectivity index (χ2n) is 6.10. The van der Waals surface area contributed by atoms with Crippen molar-refractivity contribution in [1.82, 2.24) is 0 Å². The number of hydrogen-bond donors (Lipinski definition) is 1. The summed E-state index contributed by atoms with van der Waals surface area (Å²) in [5, 5.41) is 10.6. The van der Waals surface area contributed by atoms with Gasteiger partial charge in [0.1, 0.15) is 17.9 Å². The number of ether oxygens (including phenoxy) is 1. The molecular formula is C18H25O6P. The second kappa shape index (κ2) is 7.73. The number of carbonyl (C=O) groups is 1. The second-order valence-corrected chi connectivity index (χ2v) is 8.37. The van der Waals surface area contributed by atoms with Crippen molar-refractivity contribution in [3.05, 3.63) is 39.5 Å². The lowest BCUT2D eigenvalue weighted by Crippen LogP contribution is -2.05. The van der Waals surface area contributed by atoms with E-state index in [4.69, 9.17) is 13.8 Å². The van der Waals surface area contributed by atoms with Gasteiger partial charge in [-0.1, -0.05) is 18.6 Å². The van der Waals surface area contributed by atoms with E-state index in [0.717, 1.165) is 28.7 Å². The molecular weight excluding hydrogens is 343 g/mol. The van der Waals surface area contributed by atoms with Gasteiger partial charge in [0.15, 0.2) is 0 Å². The van der Waals surface area contributed by atoms with Crippen LogP contribution in [0.5, 0.6) is 5.75 Å². The quantitative estimate of drug-likeness (QED) is 0.446. The number of hydrogen-bond acceptors (Lipinski definition) is 6. The predicted octanol–water partition coefficient (Wildman–Crippen LogP) is 3.91. The van der Waals surface area contributed by atoms with Crippen LogP contribution in [-0.2, 0) is 37.8 Å². The molecule has 6 nitrogen and oxygen atoms in total. The van der Waals surface area contributed by atoms with E-state index in [0.29, 0.717) is 12.0 Å². The zero-order chi connectivity index (χ0) is 18.8. The molecule has 7 heteroatoms. The minimum atomic E-state index is -3.13. The summed E-state index contributed by atoms with van der Waals surface area (Å²) in [5.41, 5.74) is 4.58. The number of phenols is 1. The first-order valence-electron chi connectivity index (χ1n) is 8.17. The van der Waals surface area contributed by atoms with Crippen LogP contribution < -0.4 is 0 Å². The molecule has 0 fully saturated rings. The van der Waals surface area contributed by atoms with Gasteiger partial charge in [-0.3, -0.25) is 4.57 Å². The normalized spacial score (nSPS) is 14.6. The Balaban J connectivity index is 2.39. The Kier molecular flexibility index (Phi) is 6.09. The van der Waals surface area contributed by atoms with Crippen LogP contribution in [0.1, 0.15) is 46.5 Å². The number of phenolic OH excluding ortho intramolecular Hbond substituents is 1. The Morgan fingerprint density at radius 2 is 1.96 bits per heavy atom. The van der Waals surface area contributed by atoms with E-state index in [-0.39, 0.29) is 24.1 Å². The van der Waals surface area contributed by atoms with E-state index in [1.807, 2.05) is 26.8 Å². The SMILES string of the molecule is CCc1c(C)c2c(c(O)c1CC=C(C)CP(=O)(OC)OC)C(=O)OC2. The highest BCUT2D eigenvalue weighted by atomic mass is 31.2. The molecule has 0 spiro atoms. The smallest absolute Gasteiger partial charge is 0.342 e. The van der Waals surface area contributed by atoms with Gasteiger partial charge in [-0.05, 0) is 37.8 Å². The first-order valence-corrected chi connectivity index (χ1v) is 9.90. The Labute approximate surface area is 148 Å².